The number of rotatable bonds is 6. The lowest BCUT2D eigenvalue weighted by molar-refractivity contribution is -0.384. The van der Waals surface area contributed by atoms with Crippen LogP contribution in [0, 0.1) is 16.0 Å². The molecule has 0 radical (unpaired) electrons. The van der Waals surface area contributed by atoms with Crippen molar-refractivity contribution in [2.24, 2.45) is 11.8 Å². The number of hydrazine groups is 1. The molecule has 7 nitrogen and oxygen atoms in total. The van der Waals surface area contributed by atoms with Crippen molar-refractivity contribution in [1.29, 1.82) is 0 Å². The molecule has 0 saturated heterocycles. The van der Waals surface area contributed by atoms with E-state index in [2.05, 4.69) is 5.43 Å². The molecular weight excluding hydrogens is 272 g/mol. The summed E-state index contributed by atoms with van der Waals surface area (Å²) < 4.78 is 0. The van der Waals surface area contributed by atoms with Crippen LogP contribution in [0.1, 0.15) is 36.5 Å². The smallest absolute Gasteiger partial charge is 0.293 e. The van der Waals surface area contributed by atoms with Gasteiger partial charge in [-0.05, 0) is 37.8 Å². The number of amides is 1. The molecule has 7 heteroatoms. The molecule has 1 fully saturated rings. The Morgan fingerprint density at radius 3 is 2.71 bits per heavy atom. The number of carbonyl (C=O) groups excluding carboxylic acids is 1. The molecule has 114 valence electrons. The van der Waals surface area contributed by atoms with Gasteiger partial charge >= 0.3 is 0 Å². The number of nitro groups is 1. The van der Waals surface area contributed by atoms with Gasteiger partial charge in [-0.2, -0.15) is 0 Å². The van der Waals surface area contributed by atoms with Crippen LogP contribution in [0.4, 0.5) is 11.4 Å². The Morgan fingerprint density at radius 2 is 2.24 bits per heavy atom. The van der Waals surface area contributed by atoms with Crippen LogP contribution in [0.25, 0.3) is 0 Å². The van der Waals surface area contributed by atoms with Crippen molar-refractivity contribution in [3.8, 4) is 0 Å². The molecule has 0 atom stereocenters. The maximum absolute atomic E-state index is 12.5. The number of hydrogen-bond donors (Lipinski definition) is 2. The number of nitrogens with one attached hydrogen (secondary N) is 1. The van der Waals surface area contributed by atoms with Crippen LogP contribution in [0.15, 0.2) is 18.2 Å². The third-order valence-electron chi connectivity index (χ3n) is 3.97. The Morgan fingerprint density at radius 1 is 1.52 bits per heavy atom. The van der Waals surface area contributed by atoms with Crippen LogP contribution < -0.4 is 11.3 Å². The number of nitrogen functional groups attached to an aromatic ring is 1. The van der Waals surface area contributed by atoms with Gasteiger partial charge in [-0.3, -0.25) is 20.8 Å². The van der Waals surface area contributed by atoms with Crippen molar-refractivity contribution in [3.05, 3.63) is 33.9 Å². The molecule has 1 aromatic rings. The Bertz CT molecular complexity index is 543. The summed E-state index contributed by atoms with van der Waals surface area (Å²) in [5.74, 6) is 5.77. The second-order valence-electron chi connectivity index (χ2n) is 5.27. The number of nitrogens with zero attached hydrogens (tertiary/aromatic N) is 2. The van der Waals surface area contributed by atoms with Gasteiger partial charge in [-0.25, -0.2) is 0 Å². The first-order chi connectivity index (χ1) is 10.1. The number of nitro benzene ring substituents is 1. The van der Waals surface area contributed by atoms with E-state index in [9.17, 15) is 14.9 Å². The number of carbonyl (C=O) groups is 1. The highest BCUT2D eigenvalue weighted by atomic mass is 16.6. The molecule has 0 unspecified atom stereocenters. The molecule has 3 N–H and O–H groups in total. The lowest BCUT2D eigenvalue weighted by Gasteiger charge is -2.31. The molecule has 1 amide bonds. The van der Waals surface area contributed by atoms with E-state index >= 15 is 0 Å². The zero-order valence-electron chi connectivity index (χ0n) is 12.0. The van der Waals surface area contributed by atoms with Crippen molar-refractivity contribution < 1.29 is 9.72 Å². The SMILES string of the molecule is CCN(CC1CCC1)C(=O)c1ccc([N+](=O)[O-])c(NN)c1. The van der Waals surface area contributed by atoms with Gasteiger partial charge in [0.05, 0.1) is 4.92 Å². The fourth-order valence-electron chi connectivity index (χ4n) is 2.47. The lowest BCUT2D eigenvalue weighted by atomic mass is 9.85. The number of benzene rings is 1. The predicted octanol–water partition coefficient (Wildman–Crippen LogP) is 2.14. The maximum Gasteiger partial charge on any atom is 0.293 e. The molecular formula is C14H20N4O3. The average molecular weight is 292 g/mol. The maximum atomic E-state index is 12.5. The molecule has 2 rings (SSSR count). The average Bonchev–Trinajstić information content (AvgIpc) is 2.45. The van der Waals surface area contributed by atoms with Gasteiger partial charge < -0.3 is 10.3 Å². The first kappa shape index (κ1) is 15.2. The molecule has 0 aromatic heterocycles. The molecule has 1 saturated carbocycles. The van der Waals surface area contributed by atoms with Gasteiger partial charge in [0.2, 0.25) is 0 Å². The third kappa shape index (κ3) is 3.30. The van der Waals surface area contributed by atoms with Crippen LogP contribution in [-0.2, 0) is 0 Å². The number of nitrogens with two attached hydrogens (primary N) is 1. The van der Waals surface area contributed by atoms with Gasteiger partial charge in [-0.15, -0.1) is 0 Å². The first-order valence-corrected chi connectivity index (χ1v) is 7.11. The largest absolute Gasteiger partial charge is 0.339 e. The van der Waals surface area contributed by atoms with Crippen LogP contribution in [0.5, 0.6) is 0 Å². The van der Waals surface area contributed by atoms with E-state index in [0.717, 1.165) is 6.54 Å². The topological polar surface area (TPSA) is 102 Å². The second kappa shape index (κ2) is 6.53. The van der Waals surface area contributed by atoms with E-state index in [-0.39, 0.29) is 17.3 Å². The predicted molar refractivity (Wildman–Crippen MR) is 79.8 cm³/mol. The summed E-state index contributed by atoms with van der Waals surface area (Å²) in [6.45, 7) is 3.31. The summed E-state index contributed by atoms with van der Waals surface area (Å²) >= 11 is 0. The van der Waals surface area contributed by atoms with Gasteiger partial charge in [0.15, 0.2) is 0 Å². The van der Waals surface area contributed by atoms with E-state index in [1.165, 1.54) is 37.5 Å². The molecule has 21 heavy (non-hydrogen) atoms. The Kier molecular flexibility index (Phi) is 4.74. The Hall–Kier alpha value is -2.15. The highest BCUT2D eigenvalue weighted by molar-refractivity contribution is 5.96. The van der Waals surface area contributed by atoms with Crippen LogP contribution >= 0.6 is 0 Å². The molecule has 0 heterocycles. The normalized spacial score (nSPS) is 14.4. The summed E-state index contributed by atoms with van der Waals surface area (Å²) in [7, 11) is 0. The van der Waals surface area contributed by atoms with Crippen LogP contribution in [0.2, 0.25) is 0 Å². The molecule has 1 aliphatic rings. The minimum atomic E-state index is -0.532. The van der Waals surface area contributed by atoms with Crippen molar-refractivity contribution in [2.75, 3.05) is 18.5 Å². The van der Waals surface area contributed by atoms with Crippen molar-refractivity contribution in [2.45, 2.75) is 26.2 Å². The zero-order chi connectivity index (χ0) is 15.4. The molecule has 0 aliphatic heterocycles. The minimum Gasteiger partial charge on any atom is -0.339 e. The van der Waals surface area contributed by atoms with E-state index < -0.39 is 4.92 Å². The summed E-state index contributed by atoms with van der Waals surface area (Å²) in [5, 5.41) is 10.9. The lowest BCUT2D eigenvalue weighted by Crippen LogP contribution is -2.37. The van der Waals surface area contributed by atoms with E-state index in [4.69, 9.17) is 5.84 Å². The molecule has 0 spiro atoms. The summed E-state index contributed by atoms with van der Waals surface area (Å²) in [5.41, 5.74) is 2.69. The monoisotopic (exact) mass is 292 g/mol. The van der Waals surface area contributed by atoms with Crippen molar-refractivity contribution in [3.63, 3.8) is 0 Å². The minimum absolute atomic E-state index is 0.115. The Labute approximate surface area is 123 Å². The van der Waals surface area contributed by atoms with E-state index in [1.54, 1.807) is 4.90 Å². The van der Waals surface area contributed by atoms with Gasteiger partial charge in [0.25, 0.3) is 11.6 Å². The van der Waals surface area contributed by atoms with Gasteiger partial charge in [0.1, 0.15) is 5.69 Å². The fraction of sp³-hybridized carbons (Fsp3) is 0.500. The van der Waals surface area contributed by atoms with E-state index in [1.807, 2.05) is 6.92 Å². The van der Waals surface area contributed by atoms with Crippen molar-refractivity contribution >= 4 is 17.3 Å². The third-order valence-corrected chi connectivity index (χ3v) is 3.97. The fourth-order valence-corrected chi connectivity index (χ4v) is 2.47. The Balaban J connectivity index is 2.18. The summed E-state index contributed by atoms with van der Waals surface area (Å²) in [6, 6.07) is 4.22. The zero-order valence-corrected chi connectivity index (χ0v) is 12.0. The molecule has 1 aliphatic carbocycles. The molecule has 1 aromatic carbocycles. The second-order valence-corrected chi connectivity index (χ2v) is 5.27. The number of hydrogen-bond acceptors (Lipinski definition) is 5. The van der Waals surface area contributed by atoms with Gasteiger partial charge in [0, 0.05) is 24.7 Å². The van der Waals surface area contributed by atoms with Crippen LogP contribution in [0.3, 0.4) is 0 Å². The quantitative estimate of drug-likeness (QED) is 0.475. The molecule has 0 bridgehead atoms. The highest BCUT2D eigenvalue weighted by Crippen LogP contribution is 2.28. The van der Waals surface area contributed by atoms with E-state index in [0.29, 0.717) is 18.0 Å². The van der Waals surface area contributed by atoms with Gasteiger partial charge in [-0.1, -0.05) is 6.42 Å². The van der Waals surface area contributed by atoms with Crippen LogP contribution in [-0.4, -0.2) is 28.8 Å². The standard InChI is InChI=1S/C14H20N4O3/c1-2-17(9-10-4-3-5-10)14(19)11-6-7-13(18(20)21)12(8-11)16-15/h6-8,10,16H,2-5,9,15H2,1H3. The summed E-state index contributed by atoms with van der Waals surface area (Å²) in [4.78, 5) is 24.6. The highest BCUT2D eigenvalue weighted by Gasteiger charge is 2.24. The summed E-state index contributed by atoms with van der Waals surface area (Å²) in [6.07, 6.45) is 3.56. The first-order valence-electron chi connectivity index (χ1n) is 7.11. The number of anilines is 1. The van der Waals surface area contributed by atoms with Crippen molar-refractivity contribution in [1.82, 2.24) is 4.90 Å².